The molecule has 2 rings (SSSR count). The molecule has 0 radical (unpaired) electrons. The number of benzene rings is 1. The van der Waals surface area contributed by atoms with Crippen molar-refractivity contribution < 1.29 is 23.8 Å². The van der Waals surface area contributed by atoms with Crippen molar-refractivity contribution in [3.63, 3.8) is 0 Å². The zero-order valence-corrected chi connectivity index (χ0v) is 12.4. The van der Waals surface area contributed by atoms with Crippen LogP contribution in [0.1, 0.15) is 27.2 Å². The van der Waals surface area contributed by atoms with Gasteiger partial charge in [0, 0.05) is 11.8 Å². The number of anilines is 1. The number of ether oxygens (including phenoxy) is 3. The Balaban J connectivity index is 1.81. The Kier molecular flexibility index (Phi) is 4.35. The van der Waals surface area contributed by atoms with E-state index in [1.807, 2.05) is 20.8 Å². The number of carbonyl (C=O) groups is 2. The Labute approximate surface area is 123 Å². The first-order valence-electron chi connectivity index (χ1n) is 6.69. The number of rotatable bonds is 4. The normalized spacial score (nSPS) is 12.9. The van der Waals surface area contributed by atoms with Gasteiger partial charge in [0.2, 0.25) is 6.79 Å². The van der Waals surface area contributed by atoms with Crippen LogP contribution >= 0.6 is 0 Å². The van der Waals surface area contributed by atoms with Crippen molar-refractivity contribution in [1.82, 2.24) is 0 Å². The fourth-order valence-corrected chi connectivity index (χ4v) is 1.80. The summed E-state index contributed by atoms with van der Waals surface area (Å²) in [6.07, 6.45) is 0.268. The molecule has 0 atom stereocenters. The molecule has 0 saturated heterocycles. The van der Waals surface area contributed by atoms with E-state index in [1.54, 1.807) is 18.2 Å². The largest absolute Gasteiger partial charge is 0.456 e. The Morgan fingerprint density at radius 1 is 1.24 bits per heavy atom. The van der Waals surface area contributed by atoms with Gasteiger partial charge in [-0.1, -0.05) is 20.8 Å². The second-order valence-corrected chi connectivity index (χ2v) is 6.01. The molecule has 6 nitrogen and oxygen atoms in total. The molecule has 1 aromatic rings. The summed E-state index contributed by atoms with van der Waals surface area (Å²) in [5.41, 5.74) is 0.404. The molecular weight excluding hydrogens is 274 g/mol. The molecule has 0 saturated carbocycles. The van der Waals surface area contributed by atoms with Gasteiger partial charge in [-0.2, -0.15) is 0 Å². The first-order chi connectivity index (χ1) is 9.83. The number of amides is 1. The highest BCUT2D eigenvalue weighted by molar-refractivity contribution is 5.93. The van der Waals surface area contributed by atoms with Gasteiger partial charge >= 0.3 is 5.97 Å². The van der Waals surface area contributed by atoms with Gasteiger partial charge in [-0.15, -0.1) is 0 Å². The van der Waals surface area contributed by atoms with Crippen LogP contribution in [0.4, 0.5) is 5.69 Å². The van der Waals surface area contributed by atoms with Gasteiger partial charge in [0.05, 0.1) is 6.42 Å². The Morgan fingerprint density at radius 2 is 1.95 bits per heavy atom. The van der Waals surface area contributed by atoms with Gasteiger partial charge in [-0.05, 0) is 17.5 Å². The van der Waals surface area contributed by atoms with Gasteiger partial charge in [-0.25, -0.2) is 0 Å². The van der Waals surface area contributed by atoms with Crippen LogP contribution in [0.15, 0.2) is 18.2 Å². The third-order valence-electron chi connectivity index (χ3n) is 2.70. The molecule has 21 heavy (non-hydrogen) atoms. The Morgan fingerprint density at radius 3 is 2.67 bits per heavy atom. The lowest BCUT2D eigenvalue weighted by molar-refractivity contribution is -0.149. The first-order valence-corrected chi connectivity index (χ1v) is 6.69. The molecule has 0 aromatic heterocycles. The van der Waals surface area contributed by atoms with Crippen LogP contribution in [0.25, 0.3) is 0 Å². The highest BCUT2D eigenvalue weighted by Gasteiger charge is 2.18. The van der Waals surface area contributed by atoms with E-state index >= 15 is 0 Å². The molecular formula is C15H19NO5. The number of nitrogens with one attached hydrogen (secondary N) is 1. The summed E-state index contributed by atoms with van der Waals surface area (Å²) in [4.78, 5) is 23.3. The summed E-state index contributed by atoms with van der Waals surface area (Å²) in [6.45, 7) is 5.67. The third kappa shape index (κ3) is 4.66. The predicted octanol–water partition coefficient (Wildman–Crippen LogP) is 2.33. The van der Waals surface area contributed by atoms with E-state index in [-0.39, 0.29) is 31.2 Å². The minimum Gasteiger partial charge on any atom is -0.456 e. The average molecular weight is 293 g/mol. The zero-order valence-electron chi connectivity index (χ0n) is 12.4. The standard InChI is InChI=1S/C15H19NO5/c1-15(2,3)7-14(18)19-8-13(17)16-10-4-5-11-12(6-10)21-9-20-11/h4-6H,7-9H2,1-3H3,(H,16,17). The van der Waals surface area contributed by atoms with Gasteiger partial charge < -0.3 is 19.5 Å². The Bertz CT molecular complexity index is 547. The fourth-order valence-electron chi connectivity index (χ4n) is 1.80. The number of carbonyl (C=O) groups excluding carboxylic acids is 2. The molecule has 0 aliphatic carbocycles. The monoisotopic (exact) mass is 293 g/mol. The van der Waals surface area contributed by atoms with Crippen molar-refractivity contribution in [1.29, 1.82) is 0 Å². The Hall–Kier alpha value is -2.24. The van der Waals surface area contributed by atoms with Crippen LogP contribution in [0.5, 0.6) is 11.5 Å². The topological polar surface area (TPSA) is 73.9 Å². The highest BCUT2D eigenvalue weighted by atomic mass is 16.7. The SMILES string of the molecule is CC(C)(C)CC(=O)OCC(=O)Nc1ccc2c(c1)OCO2. The van der Waals surface area contributed by atoms with Gasteiger partial charge in [-0.3, -0.25) is 9.59 Å². The van der Waals surface area contributed by atoms with E-state index in [9.17, 15) is 9.59 Å². The van der Waals surface area contributed by atoms with E-state index in [2.05, 4.69) is 5.32 Å². The van der Waals surface area contributed by atoms with Crippen molar-refractivity contribution >= 4 is 17.6 Å². The summed E-state index contributed by atoms with van der Waals surface area (Å²) in [5, 5.41) is 2.64. The molecule has 6 heteroatoms. The van der Waals surface area contributed by atoms with Crippen LogP contribution in [0, 0.1) is 5.41 Å². The van der Waals surface area contributed by atoms with Crippen molar-refractivity contribution in [2.45, 2.75) is 27.2 Å². The van der Waals surface area contributed by atoms with Crippen molar-refractivity contribution in [2.75, 3.05) is 18.7 Å². The molecule has 1 aliphatic rings. The second kappa shape index (κ2) is 6.03. The van der Waals surface area contributed by atoms with Crippen LogP contribution in [0.2, 0.25) is 0 Å². The van der Waals surface area contributed by atoms with E-state index in [4.69, 9.17) is 14.2 Å². The first kappa shape index (κ1) is 15.2. The summed E-state index contributed by atoms with van der Waals surface area (Å²) in [5.74, 6) is 0.446. The summed E-state index contributed by atoms with van der Waals surface area (Å²) in [7, 11) is 0. The number of hydrogen-bond donors (Lipinski definition) is 1. The number of hydrogen-bond acceptors (Lipinski definition) is 5. The van der Waals surface area contributed by atoms with Crippen molar-refractivity contribution in [3.05, 3.63) is 18.2 Å². The highest BCUT2D eigenvalue weighted by Crippen LogP contribution is 2.34. The molecule has 1 amide bonds. The maximum atomic E-state index is 11.7. The minimum atomic E-state index is -0.392. The maximum absolute atomic E-state index is 11.7. The van der Waals surface area contributed by atoms with Crippen molar-refractivity contribution in [3.8, 4) is 11.5 Å². The predicted molar refractivity (Wildman–Crippen MR) is 76.2 cm³/mol. The quantitative estimate of drug-likeness (QED) is 0.862. The molecule has 114 valence electrons. The van der Waals surface area contributed by atoms with E-state index in [0.29, 0.717) is 17.2 Å². The van der Waals surface area contributed by atoms with Gasteiger partial charge in [0.1, 0.15) is 0 Å². The van der Waals surface area contributed by atoms with Gasteiger partial charge in [0.25, 0.3) is 5.91 Å². The number of esters is 1. The molecule has 0 fully saturated rings. The third-order valence-corrected chi connectivity index (χ3v) is 2.70. The molecule has 1 N–H and O–H groups in total. The van der Waals surface area contributed by atoms with E-state index in [1.165, 1.54) is 0 Å². The molecule has 1 aromatic carbocycles. The lowest BCUT2D eigenvalue weighted by Crippen LogP contribution is -2.23. The molecule has 1 aliphatic heterocycles. The summed E-state index contributed by atoms with van der Waals surface area (Å²) >= 11 is 0. The lowest BCUT2D eigenvalue weighted by Gasteiger charge is -2.16. The number of fused-ring (bicyclic) bond motifs is 1. The minimum absolute atomic E-state index is 0.162. The zero-order chi connectivity index (χ0) is 15.5. The second-order valence-electron chi connectivity index (χ2n) is 6.01. The summed E-state index contributed by atoms with van der Waals surface area (Å²) < 4.78 is 15.3. The molecule has 0 spiro atoms. The fraction of sp³-hybridized carbons (Fsp3) is 0.467. The average Bonchev–Trinajstić information content (AvgIpc) is 2.81. The van der Waals surface area contributed by atoms with Crippen LogP contribution < -0.4 is 14.8 Å². The van der Waals surface area contributed by atoms with E-state index in [0.717, 1.165) is 0 Å². The van der Waals surface area contributed by atoms with E-state index < -0.39 is 5.91 Å². The van der Waals surface area contributed by atoms with Crippen molar-refractivity contribution in [2.24, 2.45) is 5.41 Å². The lowest BCUT2D eigenvalue weighted by atomic mass is 9.92. The summed E-state index contributed by atoms with van der Waals surface area (Å²) in [6, 6.07) is 5.07. The molecule has 1 heterocycles. The molecule has 0 bridgehead atoms. The maximum Gasteiger partial charge on any atom is 0.306 e. The van der Waals surface area contributed by atoms with Gasteiger partial charge in [0.15, 0.2) is 18.1 Å². The van der Waals surface area contributed by atoms with Crippen LogP contribution in [0.3, 0.4) is 0 Å². The molecule has 0 unspecified atom stereocenters. The smallest absolute Gasteiger partial charge is 0.306 e. The van der Waals surface area contributed by atoms with Crippen LogP contribution in [-0.4, -0.2) is 25.3 Å². The van der Waals surface area contributed by atoms with Crippen LogP contribution in [-0.2, 0) is 14.3 Å².